The molecule has 0 aliphatic carbocycles. The van der Waals surface area contributed by atoms with Crippen molar-refractivity contribution in [1.82, 2.24) is 9.80 Å². The lowest BCUT2D eigenvalue weighted by Gasteiger charge is -2.33. The number of nitrogens with zero attached hydrogens (tertiary/aromatic N) is 2. The van der Waals surface area contributed by atoms with Crippen LogP contribution >= 0.6 is 15.9 Å². The molecule has 1 amide bonds. The molecule has 0 aromatic carbocycles. The minimum atomic E-state index is 0.178. The molecule has 1 fully saturated rings. The first-order chi connectivity index (χ1) is 7.79. The Kier molecular flexibility index (Phi) is 4.01. The van der Waals surface area contributed by atoms with Gasteiger partial charge in [-0.3, -0.25) is 9.69 Å². The molecule has 4 nitrogen and oxygen atoms in total. The molecule has 1 aromatic heterocycles. The number of hydrogen-bond donors (Lipinski definition) is 0. The van der Waals surface area contributed by atoms with Crippen LogP contribution in [-0.4, -0.2) is 47.2 Å². The van der Waals surface area contributed by atoms with E-state index in [1.165, 1.54) is 0 Å². The summed E-state index contributed by atoms with van der Waals surface area (Å²) in [5.74, 6) is 1.16. The number of carbonyl (C=O) groups is 1. The van der Waals surface area contributed by atoms with Gasteiger partial charge in [0.1, 0.15) is 5.76 Å². The first-order valence-electron chi connectivity index (χ1n) is 5.38. The maximum Gasteiger partial charge on any atom is 0.233 e. The van der Waals surface area contributed by atoms with Crippen molar-refractivity contribution in [1.29, 1.82) is 0 Å². The third-order valence-electron chi connectivity index (χ3n) is 2.80. The Balaban J connectivity index is 1.79. The average Bonchev–Trinajstić information content (AvgIpc) is 2.82. The monoisotopic (exact) mass is 286 g/mol. The molecule has 2 heterocycles. The highest BCUT2D eigenvalue weighted by Crippen LogP contribution is 2.09. The lowest BCUT2D eigenvalue weighted by atomic mass is 10.3. The summed E-state index contributed by atoms with van der Waals surface area (Å²) in [6.45, 7) is 4.29. The van der Waals surface area contributed by atoms with E-state index in [-0.39, 0.29) is 5.91 Å². The Morgan fingerprint density at radius 1 is 1.38 bits per heavy atom. The second-order valence-electron chi connectivity index (χ2n) is 3.87. The fourth-order valence-corrected chi connectivity index (χ4v) is 2.22. The molecule has 1 aromatic rings. The molecule has 0 bridgehead atoms. The normalized spacial score (nSPS) is 17.7. The second kappa shape index (κ2) is 5.50. The summed E-state index contributed by atoms with van der Waals surface area (Å²) in [6.07, 6.45) is 1.69. The van der Waals surface area contributed by atoms with Crippen LogP contribution in [-0.2, 0) is 11.3 Å². The van der Waals surface area contributed by atoms with Crippen LogP contribution in [0.15, 0.2) is 22.8 Å². The van der Waals surface area contributed by atoms with E-state index < -0.39 is 0 Å². The lowest BCUT2D eigenvalue weighted by molar-refractivity contribution is -0.130. The molecule has 1 saturated heterocycles. The topological polar surface area (TPSA) is 36.7 Å². The molecule has 2 rings (SSSR count). The Morgan fingerprint density at radius 2 is 2.12 bits per heavy atom. The number of halogens is 1. The van der Waals surface area contributed by atoms with Crippen LogP contribution < -0.4 is 0 Å². The van der Waals surface area contributed by atoms with Gasteiger partial charge in [0.25, 0.3) is 0 Å². The first kappa shape index (κ1) is 11.7. The second-order valence-corrected chi connectivity index (χ2v) is 4.43. The van der Waals surface area contributed by atoms with E-state index in [2.05, 4.69) is 20.8 Å². The molecule has 0 atom stereocenters. The number of alkyl halides is 1. The maximum atomic E-state index is 11.4. The zero-order valence-corrected chi connectivity index (χ0v) is 10.6. The van der Waals surface area contributed by atoms with Crippen molar-refractivity contribution in [2.45, 2.75) is 6.54 Å². The fraction of sp³-hybridized carbons (Fsp3) is 0.545. The highest BCUT2D eigenvalue weighted by atomic mass is 79.9. The van der Waals surface area contributed by atoms with Gasteiger partial charge in [0.2, 0.25) is 5.91 Å². The van der Waals surface area contributed by atoms with Gasteiger partial charge in [-0.25, -0.2) is 0 Å². The minimum Gasteiger partial charge on any atom is -0.468 e. The standard InChI is InChI=1S/C11H15BrN2O2/c12-8-11(15)14-5-3-13(4-6-14)9-10-2-1-7-16-10/h1-2,7H,3-6,8-9H2. The van der Waals surface area contributed by atoms with E-state index in [4.69, 9.17) is 4.42 Å². The largest absolute Gasteiger partial charge is 0.468 e. The average molecular weight is 287 g/mol. The van der Waals surface area contributed by atoms with Gasteiger partial charge in [0.15, 0.2) is 0 Å². The number of piperazine rings is 1. The van der Waals surface area contributed by atoms with Crippen molar-refractivity contribution in [3.05, 3.63) is 24.2 Å². The summed E-state index contributed by atoms with van der Waals surface area (Å²) >= 11 is 3.19. The molecular weight excluding hydrogens is 272 g/mol. The van der Waals surface area contributed by atoms with Gasteiger partial charge in [0, 0.05) is 26.2 Å². The lowest BCUT2D eigenvalue weighted by Crippen LogP contribution is -2.48. The Morgan fingerprint density at radius 3 is 2.69 bits per heavy atom. The van der Waals surface area contributed by atoms with Gasteiger partial charge in [-0.15, -0.1) is 0 Å². The molecule has 16 heavy (non-hydrogen) atoms. The molecule has 88 valence electrons. The quantitative estimate of drug-likeness (QED) is 0.787. The molecule has 0 spiro atoms. The highest BCUT2D eigenvalue weighted by molar-refractivity contribution is 9.09. The summed E-state index contributed by atoms with van der Waals surface area (Å²) in [4.78, 5) is 15.6. The Bertz CT molecular complexity index is 332. The van der Waals surface area contributed by atoms with Crippen molar-refractivity contribution in [2.75, 3.05) is 31.5 Å². The van der Waals surface area contributed by atoms with Crippen molar-refractivity contribution in [2.24, 2.45) is 0 Å². The molecule has 5 heteroatoms. The van der Waals surface area contributed by atoms with Gasteiger partial charge in [0.05, 0.1) is 18.1 Å². The van der Waals surface area contributed by atoms with Crippen LogP contribution in [0.1, 0.15) is 5.76 Å². The third-order valence-corrected chi connectivity index (χ3v) is 3.28. The summed E-state index contributed by atoms with van der Waals surface area (Å²) in [5, 5.41) is 0.422. The number of hydrogen-bond acceptors (Lipinski definition) is 3. The van der Waals surface area contributed by atoms with E-state index in [9.17, 15) is 4.79 Å². The molecule has 0 radical (unpaired) electrons. The van der Waals surface area contributed by atoms with E-state index >= 15 is 0 Å². The Labute approximate surface area is 103 Å². The zero-order valence-electron chi connectivity index (χ0n) is 9.06. The van der Waals surface area contributed by atoms with E-state index in [1.807, 2.05) is 17.0 Å². The SMILES string of the molecule is O=C(CBr)N1CCN(Cc2ccco2)CC1. The molecule has 1 aliphatic heterocycles. The van der Waals surface area contributed by atoms with E-state index in [1.54, 1.807) is 6.26 Å². The van der Waals surface area contributed by atoms with Crippen LogP contribution in [0.4, 0.5) is 0 Å². The van der Waals surface area contributed by atoms with Crippen LogP contribution in [0.2, 0.25) is 0 Å². The zero-order chi connectivity index (χ0) is 11.4. The minimum absolute atomic E-state index is 0.178. The van der Waals surface area contributed by atoms with Gasteiger partial charge >= 0.3 is 0 Å². The number of rotatable bonds is 3. The fourth-order valence-electron chi connectivity index (χ4n) is 1.86. The van der Waals surface area contributed by atoms with Crippen molar-refractivity contribution in [3.63, 3.8) is 0 Å². The van der Waals surface area contributed by atoms with Crippen LogP contribution in [0, 0.1) is 0 Å². The molecule has 1 aliphatic rings. The van der Waals surface area contributed by atoms with Crippen molar-refractivity contribution in [3.8, 4) is 0 Å². The number of carbonyl (C=O) groups excluding carboxylic acids is 1. The maximum absolute atomic E-state index is 11.4. The summed E-state index contributed by atoms with van der Waals surface area (Å²) < 4.78 is 5.30. The van der Waals surface area contributed by atoms with Crippen LogP contribution in [0.3, 0.4) is 0 Å². The van der Waals surface area contributed by atoms with Gasteiger partial charge in [-0.2, -0.15) is 0 Å². The number of amides is 1. The van der Waals surface area contributed by atoms with Gasteiger partial charge in [-0.1, -0.05) is 15.9 Å². The molecule has 0 unspecified atom stereocenters. The van der Waals surface area contributed by atoms with Gasteiger partial charge < -0.3 is 9.32 Å². The van der Waals surface area contributed by atoms with Crippen LogP contribution in [0.5, 0.6) is 0 Å². The van der Waals surface area contributed by atoms with E-state index in [0.717, 1.165) is 38.5 Å². The predicted octanol–water partition coefficient (Wildman–Crippen LogP) is 1.32. The smallest absolute Gasteiger partial charge is 0.233 e. The van der Waals surface area contributed by atoms with Crippen molar-refractivity contribution < 1.29 is 9.21 Å². The molecule has 0 saturated carbocycles. The first-order valence-corrected chi connectivity index (χ1v) is 6.50. The summed E-state index contributed by atoms with van der Waals surface area (Å²) in [6, 6.07) is 3.88. The van der Waals surface area contributed by atoms with Crippen molar-refractivity contribution >= 4 is 21.8 Å². The molecular formula is C11H15BrN2O2. The highest BCUT2D eigenvalue weighted by Gasteiger charge is 2.20. The predicted molar refractivity (Wildman–Crippen MR) is 64.4 cm³/mol. The summed E-state index contributed by atoms with van der Waals surface area (Å²) in [5.41, 5.74) is 0. The Hall–Kier alpha value is -0.810. The molecule has 0 N–H and O–H groups in total. The number of furan rings is 1. The third kappa shape index (κ3) is 2.86. The van der Waals surface area contributed by atoms with Crippen LogP contribution in [0.25, 0.3) is 0 Å². The van der Waals surface area contributed by atoms with Gasteiger partial charge in [-0.05, 0) is 12.1 Å². The van der Waals surface area contributed by atoms with E-state index in [0.29, 0.717) is 5.33 Å². The summed E-state index contributed by atoms with van der Waals surface area (Å²) in [7, 11) is 0.